The molecule has 0 aliphatic heterocycles. The molecule has 1 fully saturated rings. The van der Waals surface area contributed by atoms with Gasteiger partial charge in [-0.05, 0) is 30.5 Å². The fourth-order valence-corrected chi connectivity index (χ4v) is 3.11. The molecule has 0 bridgehead atoms. The second-order valence-corrected chi connectivity index (χ2v) is 7.01. The van der Waals surface area contributed by atoms with Crippen LogP contribution in [0.2, 0.25) is 0 Å². The molecule has 1 aliphatic rings. The molecule has 1 heterocycles. The molecule has 3 aromatic rings. The van der Waals surface area contributed by atoms with Crippen LogP contribution in [-0.4, -0.2) is 34.5 Å². The third-order valence-electron chi connectivity index (χ3n) is 4.75. The number of carbonyl (C=O) groups excluding carboxylic acids is 2. The Kier molecular flexibility index (Phi) is 5.37. The Balaban J connectivity index is 1.36. The zero-order valence-electron chi connectivity index (χ0n) is 15.7. The minimum absolute atomic E-state index is 0.111. The van der Waals surface area contributed by atoms with Crippen molar-refractivity contribution in [1.29, 1.82) is 0 Å². The lowest BCUT2D eigenvalue weighted by Crippen LogP contribution is -2.41. The van der Waals surface area contributed by atoms with Crippen LogP contribution in [-0.2, 0) is 11.3 Å². The molecule has 7 heteroatoms. The number of amides is 2. The molecule has 1 saturated carbocycles. The lowest BCUT2D eigenvalue weighted by Gasteiger charge is -2.22. The maximum Gasteiger partial charge on any atom is 0.273 e. The molecule has 6 nitrogen and oxygen atoms in total. The minimum atomic E-state index is -0.481. The van der Waals surface area contributed by atoms with E-state index in [1.54, 1.807) is 23.1 Å². The van der Waals surface area contributed by atoms with Crippen molar-refractivity contribution in [2.24, 2.45) is 0 Å². The summed E-state index contributed by atoms with van der Waals surface area (Å²) >= 11 is 0. The van der Waals surface area contributed by atoms with Crippen molar-refractivity contribution in [2.45, 2.75) is 25.4 Å². The van der Waals surface area contributed by atoms with Gasteiger partial charge in [-0.1, -0.05) is 47.6 Å². The van der Waals surface area contributed by atoms with Gasteiger partial charge in [0.1, 0.15) is 5.82 Å². The highest BCUT2D eigenvalue weighted by atomic mass is 19.1. The number of hydrogen-bond acceptors (Lipinski definition) is 4. The van der Waals surface area contributed by atoms with Gasteiger partial charge in [0.2, 0.25) is 5.91 Å². The first-order valence-corrected chi connectivity index (χ1v) is 9.44. The predicted molar refractivity (Wildman–Crippen MR) is 104 cm³/mol. The number of benzene rings is 2. The lowest BCUT2D eigenvalue weighted by molar-refractivity contribution is -0.131. The Morgan fingerprint density at radius 2 is 1.90 bits per heavy atom. The van der Waals surface area contributed by atoms with Crippen LogP contribution in [0.4, 0.5) is 4.39 Å². The van der Waals surface area contributed by atoms with Crippen molar-refractivity contribution in [3.05, 3.63) is 77.7 Å². The molecular formula is C22H20FN3O3. The van der Waals surface area contributed by atoms with Crippen LogP contribution < -0.4 is 5.32 Å². The second-order valence-electron chi connectivity index (χ2n) is 7.01. The first kappa shape index (κ1) is 18.9. The summed E-state index contributed by atoms with van der Waals surface area (Å²) in [5, 5.41) is 6.38. The van der Waals surface area contributed by atoms with Crippen LogP contribution in [0.3, 0.4) is 0 Å². The van der Waals surface area contributed by atoms with Crippen LogP contribution in [0.25, 0.3) is 11.3 Å². The molecule has 1 aromatic heterocycles. The maximum absolute atomic E-state index is 13.4. The van der Waals surface area contributed by atoms with E-state index in [0.717, 1.165) is 24.0 Å². The third-order valence-corrected chi connectivity index (χ3v) is 4.75. The molecule has 148 valence electrons. The van der Waals surface area contributed by atoms with Crippen molar-refractivity contribution >= 4 is 11.8 Å². The highest BCUT2D eigenvalue weighted by Gasteiger charge is 2.32. The van der Waals surface area contributed by atoms with E-state index in [0.29, 0.717) is 12.3 Å². The average Bonchev–Trinajstić information content (AvgIpc) is 3.45. The molecule has 0 spiro atoms. The Bertz CT molecular complexity index is 1010. The highest BCUT2D eigenvalue weighted by molar-refractivity contribution is 5.95. The van der Waals surface area contributed by atoms with E-state index in [1.807, 2.05) is 30.3 Å². The summed E-state index contributed by atoms with van der Waals surface area (Å²) in [6.07, 6.45) is 1.83. The summed E-state index contributed by atoms with van der Waals surface area (Å²) < 4.78 is 18.6. The largest absolute Gasteiger partial charge is 0.355 e. The number of aromatic nitrogens is 1. The Morgan fingerprint density at radius 1 is 1.10 bits per heavy atom. The fourth-order valence-electron chi connectivity index (χ4n) is 3.11. The summed E-state index contributed by atoms with van der Waals surface area (Å²) in [7, 11) is 0. The molecule has 2 aromatic carbocycles. The summed E-state index contributed by atoms with van der Waals surface area (Å²) in [5.41, 5.74) is 1.64. The maximum atomic E-state index is 13.4. The molecule has 1 N–H and O–H groups in total. The Morgan fingerprint density at radius 3 is 2.62 bits per heavy atom. The van der Waals surface area contributed by atoms with Gasteiger partial charge < -0.3 is 14.7 Å². The highest BCUT2D eigenvalue weighted by Crippen LogP contribution is 2.28. The summed E-state index contributed by atoms with van der Waals surface area (Å²) in [6, 6.07) is 17.2. The van der Waals surface area contributed by atoms with Gasteiger partial charge in [-0.15, -0.1) is 0 Å². The van der Waals surface area contributed by atoms with Gasteiger partial charge in [0.05, 0.1) is 6.54 Å². The summed E-state index contributed by atoms with van der Waals surface area (Å²) in [6.45, 7) is 0.164. The summed E-state index contributed by atoms with van der Waals surface area (Å²) in [5.74, 6) is -0.547. The molecule has 1 aliphatic carbocycles. The van der Waals surface area contributed by atoms with Crippen LogP contribution >= 0.6 is 0 Å². The molecule has 2 amide bonds. The van der Waals surface area contributed by atoms with Gasteiger partial charge in [0.15, 0.2) is 11.5 Å². The number of nitrogens with one attached hydrogen (secondary N) is 1. The van der Waals surface area contributed by atoms with E-state index in [1.165, 1.54) is 12.1 Å². The van der Waals surface area contributed by atoms with E-state index in [-0.39, 0.29) is 30.0 Å². The standard InChI is InChI=1S/C22H20FN3O3/c23-17-8-4-5-15(11-17)14-26(18-9-10-18)21(27)13-24-22(28)19-12-20(29-25-19)16-6-2-1-3-7-16/h1-8,11-12,18H,9-10,13-14H2,(H,24,28). The number of nitrogens with zero attached hydrogens (tertiary/aromatic N) is 2. The molecule has 0 unspecified atom stereocenters. The molecule has 29 heavy (non-hydrogen) atoms. The average molecular weight is 393 g/mol. The van der Waals surface area contributed by atoms with Gasteiger partial charge in [-0.3, -0.25) is 9.59 Å². The topological polar surface area (TPSA) is 75.4 Å². The predicted octanol–water partition coefficient (Wildman–Crippen LogP) is 3.40. The molecule has 4 rings (SSSR count). The first-order chi connectivity index (χ1) is 14.1. The molecule has 0 radical (unpaired) electrons. The van der Waals surface area contributed by atoms with Crippen molar-refractivity contribution in [2.75, 3.05) is 6.54 Å². The minimum Gasteiger partial charge on any atom is -0.355 e. The van der Waals surface area contributed by atoms with Crippen LogP contribution in [0.1, 0.15) is 28.9 Å². The van der Waals surface area contributed by atoms with E-state index in [9.17, 15) is 14.0 Å². The van der Waals surface area contributed by atoms with Crippen LogP contribution in [0.15, 0.2) is 65.2 Å². The van der Waals surface area contributed by atoms with Gasteiger partial charge >= 0.3 is 0 Å². The van der Waals surface area contributed by atoms with E-state index in [4.69, 9.17) is 4.52 Å². The molecule has 0 saturated heterocycles. The lowest BCUT2D eigenvalue weighted by atomic mass is 10.1. The second kappa shape index (κ2) is 8.26. The quantitative estimate of drug-likeness (QED) is 0.668. The number of rotatable bonds is 7. The normalized spacial score (nSPS) is 13.1. The van der Waals surface area contributed by atoms with E-state index in [2.05, 4.69) is 10.5 Å². The van der Waals surface area contributed by atoms with Crippen molar-refractivity contribution in [3.63, 3.8) is 0 Å². The van der Waals surface area contributed by atoms with Crippen molar-refractivity contribution < 1.29 is 18.5 Å². The van der Waals surface area contributed by atoms with Crippen LogP contribution in [0.5, 0.6) is 0 Å². The van der Waals surface area contributed by atoms with Crippen molar-refractivity contribution in [3.8, 4) is 11.3 Å². The van der Waals surface area contributed by atoms with Gasteiger partial charge in [-0.2, -0.15) is 0 Å². The van der Waals surface area contributed by atoms with Gasteiger partial charge in [0.25, 0.3) is 5.91 Å². The van der Waals surface area contributed by atoms with Crippen LogP contribution in [0, 0.1) is 5.82 Å². The molecule has 0 atom stereocenters. The van der Waals surface area contributed by atoms with E-state index < -0.39 is 5.91 Å². The number of hydrogen-bond donors (Lipinski definition) is 1. The SMILES string of the molecule is O=C(NCC(=O)N(Cc1cccc(F)c1)C1CC1)c1cc(-c2ccccc2)on1. The molecular weight excluding hydrogens is 373 g/mol. The summed E-state index contributed by atoms with van der Waals surface area (Å²) in [4.78, 5) is 26.7. The van der Waals surface area contributed by atoms with Gasteiger partial charge in [0, 0.05) is 24.2 Å². The first-order valence-electron chi connectivity index (χ1n) is 9.44. The van der Waals surface area contributed by atoms with Crippen molar-refractivity contribution in [1.82, 2.24) is 15.4 Å². The zero-order chi connectivity index (χ0) is 20.2. The third kappa shape index (κ3) is 4.68. The van der Waals surface area contributed by atoms with E-state index >= 15 is 0 Å². The number of halogens is 1. The smallest absolute Gasteiger partial charge is 0.273 e. The monoisotopic (exact) mass is 393 g/mol. The number of carbonyl (C=O) groups is 2. The zero-order valence-corrected chi connectivity index (χ0v) is 15.7. The Hall–Kier alpha value is -3.48. The Labute approximate surface area is 167 Å². The fraction of sp³-hybridized carbons (Fsp3) is 0.227. The van der Waals surface area contributed by atoms with Gasteiger partial charge in [-0.25, -0.2) is 4.39 Å².